The zero-order valence-electron chi connectivity index (χ0n) is 15.0. The molecule has 0 radical (unpaired) electrons. The maximum Gasteiger partial charge on any atom is 0.255 e. The predicted molar refractivity (Wildman–Crippen MR) is 98.1 cm³/mol. The Kier molecular flexibility index (Phi) is 6.51. The molecule has 0 fully saturated rings. The minimum absolute atomic E-state index is 0.223. The molecule has 0 heterocycles. The van der Waals surface area contributed by atoms with Gasteiger partial charge in [-0.15, -0.1) is 0 Å². The zero-order valence-corrected chi connectivity index (χ0v) is 15.0. The van der Waals surface area contributed by atoms with Crippen molar-refractivity contribution in [3.05, 3.63) is 48.0 Å². The predicted octanol–water partition coefficient (Wildman–Crippen LogP) is 2.58. The maximum absolute atomic E-state index is 12.5. The molecule has 0 bridgehead atoms. The molecule has 6 heteroatoms. The van der Waals surface area contributed by atoms with Crippen molar-refractivity contribution in [3.63, 3.8) is 0 Å². The highest BCUT2D eigenvalue weighted by molar-refractivity contribution is 5.98. The topological polar surface area (TPSA) is 60.0 Å². The Hall–Kier alpha value is -2.89. The minimum atomic E-state index is -0.223. The summed E-state index contributed by atoms with van der Waals surface area (Å²) in [6.45, 7) is 1.19. The average Bonchev–Trinajstić information content (AvgIpc) is 2.66. The van der Waals surface area contributed by atoms with Crippen molar-refractivity contribution in [1.82, 2.24) is 5.32 Å². The standard InChI is InChI=1S/C19H24N2O4/c1-21(14-8-6-5-7-9-14)13-12-20-19(22)15-10-11-16(23-2)18(25-4)17(15)24-3/h5-11H,12-13H2,1-4H3,(H,20,22). The minimum Gasteiger partial charge on any atom is -0.493 e. The van der Waals surface area contributed by atoms with E-state index >= 15 is 0 Å². The Morgan fingerprint density at radius 3 is 2.24 bits per heavy atom. The van der Waals surface area contributed by atoms with E-state index in [0.29, 0.717) is 35.9 Å². The van der Waals surface area contributed by atoms with Gasteiger partial charge in [0.2, 0.25) is 5.75 Å². The fourth-order valence-corrected chi connectivity index (χ4v) is 2.52. The lowest BCUT2D eigenvalue weighted by Gasteiger charge is -2.20. The summed E-state index contributed by atoms with van der Waals surface area (Å²) in [6, 6.07) is 13.3. The molecule has 2 aromatic carbocycles. The lowest BCUT2D eigenvalue weighted by atomic mass is 10.1. The van der Waals surface area contributed by atoms with Crippen LogP contribution >= 0.6 is 0 Å². The highest BCUT2D eigenvalue weighted by Crippen LogP contribution is 2.39. The van der Waals surface area contributed by atoms with Crippen LogP contribution in [0.1, 0.15) is 10.4 Å². The van der Waals surface area contributed by atoms with Crippen LogP contribution in [-0.4, -0.2) is 47.4 Å². The molecule has 1 N–H and O–H groups in total. The summed E-state index contributed by atoms with van der Waals surface area (Å²) in [6.07, 6.45) is 0. The molecule has 0 unspecified atom stereocenters. The van der Waals surface area contributed by atoms with Gasteiger partial charge in [0.25, 0.3) is 5.91 Å². The first kappa shape index (κ1) is 18.4. The summed E-state index contributed by atoms with van der Waals surface area (Å²) >= 11 is 0. The molecular formula is C19H24N2O4. The fourth-order valence-electron chi connectivity index (χ4n) is 2.52. The van der Waals surface area contributed by atoms with E-state index in [-0.39, 0.29) is 5.91 Å². The SMILES string of the molecule is COc1ccc(C(=O)NCCN(C)c2ccccc2)c(OC)c1OC. The molecule has 0 saturated carbocycles. The first-order valence-electron chi connectivity index (χ1n) is 7.95. The van der Waals surface area contributed by atoms with Crippen LogP contribution in [0.5, 0.6) is 17.2 Å². The van der Waals surface area contributed by atoms with Crippen molar-refractivity contribution in [3.8, 4) is 17.2 Å². The second-order valence-corrected chi connectivity index (χ2v) is 5.39. The number of benzene rings is 2. The number of anilines is 1. The summed E-state index contributed by atoms with van der Waals surface area (Å²) in [5.41, 5.74) is 1.50. The van der Waals surface area contributed by atoms with E-state index in [9.17, 15) is 4.79 Å². The third-order valence-electron chi connectivity index (χ3n) is 3.88. The number of likely N-dealkylation sites (N-methyl/N-ethyl adjacent to an activating group) is 1. The van der Waals surface area contributed by atoms with Crippen LogP contribution in [0.3, 0.4) is 0 Å². The molecule has 1 amide bonds. The van der Waals surface area contributed by atoms with Gasteiger partial charge in [0.05, 0.1) is 26.9 Å². The van der Waals surface area contributed by atoms with Crippen molar-refractivity contribution in [2.24, 2.45) is 0 Å². The van der Waals surface area contributed by atoms with Gasteiger partial charge < -0.3 is 24.4 Å². The third kappa shape index (κ3) is 4.35. The van der Waals surface area contributed by atoms with Crippen molar-refractivity contribution in [2.75, 3.05) is 46.4 Å². The Labute approximate surface area is 148 Å². The van der Waals surface area contributed by atoms with E-state index < -0.39 is 0 Å². The Morgan fingerprint density at radius 1 is 0.960 bits per heavy atom. The van der Waals surface area contributed by atoms with Crippen molar-refractivity contribution < 1.29 is 19.0 Å². The Morgan fingerprint density at radius 2 is 1.64 bits per heavy atom. The number of hydrogen-bond acceptors (Lipinski definition) is 5. The molecule has 6 nitrogen and oxygen atoms in total. The van der Waals surface area contributed by atoms with Crippen molar-refractivity contribution >= 4 is 11.6 Å². The summed E-state index contributed by atoms with van der Waals surface area (Å²) in [5, 5.41) is 2.91. The quantitative estimate of drug-likeness (QED) is 0.798. The summed E-state index contributed by atoms with van der Waals surface area (Å²) < 4.78 is 15.9. The molecule has 0 saturated heterocycles. The van der Waals surface area contributed by atoms with Crippen LogP contribution in [-0.2, 0) is 0 Å². The zero-order chi connectivity index (χ0) is 18.2. The summed E-state index contributed by atoms with van der Waals surface area (Å²) in [4.78, 5) is 14.6. The van der Waals surface area contributed by atoms with Crippen LogP contribution < -0.4 is 24.4 Å². The fraction of sp³-hybridized carbons (Fsp3) is 0.316. The van der Waals surface area contributed by atoms with Gasteiger partial charge in [-0.1, -0.05) is 18.2 Å². The van der Waals surface area contributed by atoms with Crippen LogP contribution in [0.25, 0.3) is 0 Å². The lowest BCUT2D eigenvalue weighted by Crippen LogP contribution is -2.33. The number of nitrogens with zero attached hydrogens (tertiary/aromatic N) is 1. The van der Waals surface area contributed by atoms with E-state index in [1.165, 1.54) is 21.3 Å². The molecule has 0 aliphatic rings. The average molecular weight is 344 g/mol. The molecule has 25 heavy (non-hydrogen) atoms. The number of para-hydroxylation sites is 1. The molecule has 2 aromatic rings. The van der Waals surface area contributed by atoms with Crippen molar-refractivity contribution in [1.29, 1.82) is 0 Å². The van der Waals surface area contributed by atoms with Crippen LogP contribution in [0, 0.1) is 0 Å². The second-order valence-electron chi connectivity index (χ2n) is 5.39. The van der Waals surface area contributed by atoms with Crippen LogP contribution in [0.2, 0.25) is 0 Å². The van der Waals surface area contributed by atoms with E-state index in [1.807, 2.05) is 37.4 Å². The number of ether oxygens (including phenoxy) is 3. The number of carbonyl (C=O) groups excluding carboxylic acids is 1. The molecule has 0 spiro atoms. The molecule has 0 aliphatic heterocycles. The number of methoxy groups -OCH3 is 3. The number of hydrogen-bond donors (Lipinski definition) is 1. The van der Waals surface area contributed by atoms with Gasteiger partial charge in [0.15, 0.2) is 11.5 Å². The molecule has 0 aliphatic carbocycles. The third-order valence-corrected chi connectivity index (χ3v) is 3.88. The van der Waals surface area contributed by atoms with E-state index in [1.54, 1.807) is 12.1 Å². The molecule has 2 rings (SSSR count). The van der Waals surface area contributed by atoms with Crippen molar-refractivity contribution in [2.45, 2.75) is 0 Å². The van der Waals surface area contributed by atoms with Gasteiger partial charge in [-0.2, -0.15) is 0 Å². The van der Waals surface area contributed by atoms with Gasteiger partial charge in [-0.05, 0) is 24.3 Å². The largest absolute Gasteiger partial charge is 0.493 e. The number of amides is 1. The molecule has 0 atom stereocenters. The monoisotopic (exact) mass is 344 g/mol. The highest BCUT2D eigenvalue weighted by atomic mass is 16.5. The van der Waals surface area contributed by atoms with E-state index in [4.69, 9.17) is 14.2 Å². The highest BCUT2D eigenvalue weighted by Gasteiger charge is 2.20. The second kappa shape index (κ2) is 8.82. The van der Waals surface area contributed by atoms with Gasteiger partial charge in [-0.25, -0.2) is 0 Å². The maximum atomic E-state index is 12.5. The number of carbonyl (C=O) groups is 1. The van der Waals surface area contributed by atoms with Gasteiger partial charge in [0.1, 0.15) is 0 Å². The van der Waals surface area contributed by atoms with Crippen LogP contribution in [0.4, 0.5) is 5.69 Å². The summed E-state index contributed by atoms with van der Waals surface area (Å²) in [5.74, 6) is 1.05. The first-order valence-corrected chi connectivity index (χ1v) is 7.95. The Bertz CT molecular complexity index is 704. The molecular weight excluding hydrogens is 320 g/mol. The number of nitrogens with one attached hydrogen (secondary N) is 1. The lowest BCUT2D eigenvalue weighted by molar-refractivity contribution is 0.0951. The van der Waals surface area contributed by atoms with E-state index in [0.717, 1.165) is 5.69 Å². The smallest absolute Gasteiger partial charge is 0.255 e. The van der Waals surface area contributed by atoms with Gasteiger partial charge in [-0.3, -0.25) is 4.79 Å². The summed E-state index contributed by atoms with van der Waals surface area (Å²) in [7, 11) is 6.53. The van der Waals surface area contributed by atoms with Gasteiger partial charge in [0, 0.05) is 25.8 Å². The first-order chi connectivity index (χ1) is 12.1. The molecule has 0 aromatic heterocycles. The normalized spacial score (nSPS) is 10.1. The number of rotatable bonds is 8. The van der Waals surface area contributed by atoms with E-state index in [2.05, 4.69) is 10.2 Å². The van der Waals surface area contributed by atoms with Gasteiger partial charge >= 0.3 is 0 Å². The van der Waals surface area contributed by atoms with Crippen LogP contribution in [0.15, 0.2) is 42.5 Å². The molecule has 134 valence electrons. The Balaban J connectivity index is 2.03.